The number of hydrogen-bond donors (Lipinski definition) is 1. The fraction of sp³-hybridized carbons (Fsp3) is 0.333. The first-order valence-electron chi connectivity index (χ1n) is 9.13. The number of nitrogens with one attached hydrogen (secondary N) is 1. The molecule has 0 saturated carbocycles. The maximum absolute atomic E-state index is 13.2. The van der Waals surface area contributed by atoms with E-state index in [0.29, 0.717) is 33.5 Å². The van der Waals surface area contributed by atoms with E-state index < -0.39 is 24.2 Å². The minimum absolute atomic E-state index is 0.0411. The molecule has 0 radical (unpaired) electrons. The second kappa shape index (κ2) is 10.5. The van der Waals surface area contributed by atoms with Gasteiger partial charge in [0.05, 0.1) is 16.5 Å². The molecule has 14 heteroatoms. The Bertz CT molecular complexity index is 1110. The van der Waals surface area contributed by atoms with E-state index in [1.807, 2.05) is 0 Å². The second-order valence-electron chi connectivity index (χ2n) is 6.36. The average molecular weight is 511 g/mol. The summed E-state index contributed by atoms with van der Waals surface area (Å²) in [6.45, 7) is 1.85. The minimum Gasteiger partial charge on any atom is -0.324 e. The third-order valence-corrected chi connectivity index (χ3v) is 5.74. The van der Waals surface area contributed by atoms with Crippen molar-refractivity contribution in [1.82, 2.24) is 24.5 Å². The van der Waals surface area contributed by atoms with Gasteiger partial charge in [-0.3, -0.25) is 9.48 Å². The zero-order valence-corrected chi connectivity index (χ0v) is 18.7. The summed E-state index contributed by atoms with van der Waals surface area (Å²) in [5, 5.41) is 15.2. The Kier molecular flexibility index (Phi) is 8.01. The molecule has 1 amide bonds. The third kappa shape index (κ3) is 5.73. The lowest BCUT2D eigenvalue weighted by Crippen LogP contribution is -2.15. The van der Waals surface area contributed by atoms with Crippen LogP contribution in [0.4, 0.5) is 23.2 Å². The molecule has 3 rings (SSSR count). The Labute approximate surface area is 194 Å². The zero-order chi connectivity index (χ0) is 23.4. The summed E-state index contributed by atoms with van der Waals surface area (Å²) in [7, 11) is 0. The van der Waals surface area contributed by atoms with Crippen LogP contribution in [0.3, 0.4) is 0 Å². The summed E-state index contributed by atoms with van der Waals surface area (Å²) < 4.78 is 54.6. The molecule has 0 aliphatic carbocycles. The molecule has 7 nitrogen and oxygen atoms in total. The van der Waals surface area contributed by atoms with Gasteiger partial charge in [0.25, 0.3) is 12.9 Å². The van der Waals surface area contributed by atoms with Gasteiger partial charge in [-0.15, -0.1) is 10.2 Å². The average Bonchev–Trinajstić information content (AvgIpc) is 3.33. The van der Waals surface area contributed by atoms with Crippen molar-refractivity contribution in [2.45, 2.75) is 38.0 Å². The Morgan fingerprint density at radius 3 is 2.56 bits per heavy atom. The predicted octanol–water partition coefficient (Wildman–Crippen LogP) is 5.46. The van der Waals surface area contributed by atoms with Gasteiger partial charge in [-0.25, -0.2) is 17.6 Å². The first-order valence-corrected chi connectivity index (χ1v) is 10.9. The van der Waals surface area contributed by atoms with Gasteiger partial charge in [0.1, 0.15) is 17.9 Å². The number of halogens is 6. The first kappa shape index (κ1) is 24.3. The molecule has 1 N–H and O–H groups in total. The van der Waals surface area contributed by atoms with E-state index in [4.69, 9.17) is 23.2 Å². The molecule has 0 fully saturated rings. The van der Waals surface area contributed by atoms with E-state index in [1.165, 1.54) is 6.07 Å². The molecule has 0 atom stereocenters. The number of alkyl halides is 4. The van der Waals surface area contributed by atoms with Crippen molar-refractivity contribution >= 4 is 46.6 Å². The number of benzene rings is 1. The number of carbonyl (C=O) groups is 1. The van der Waals surface area contributed by atoms with Crippen molar-refractivity contribution in [3.8, 4) is 0 Å². The van der Waals surface area contributed by atoms with Crippen LogP contribution < -0.4 is 5.32 Å². The molecule has 0 aliphatic heterocycles. The Balaban J connectivity index is 1.71. The number of amides is 1. The van der Waals surface area contributed by atoms with Gasteiger partial charge < -0.3 is 9.88 Å². The first-order chi connectivity index (χ1) is 15.2. The predicted molar refractivity (Wildman–Crippen MR) is 113 cm³/mol. The Hall–Kier alpha value is -2.31. The van der Waals surface area contributed by atoms with Crippen LogP contribution in [0.5, 0.6) is 0 Å². The fourth-order valence-corrected chi connectivity index (χ4v) is 3.92. The normalized spacial score (nSPS) is 11.5. The largest absolute Gasteiger partial charge is 0.324 e. The quantitative estimate of drug-likeness (QED) is 0.305. The zero-order valence-electron chi connectivity index (χ0n) is 16.4. The molecule has 32 heavy (non-hydrogen) atoms. The standard InChI is InChI=1S/C18H16Cl2F4N6OS/c1-2-29-14(7-30-13(17(23)24)6-12(28-30)16(21)22)26-27-18(29)32-8-15(31)25-11-5-9(19)3-4-10(11)20/h3-6,16-17H,2,7-8H2,1H3,(H,25,31). The van der Waals surface area contributed by atoms with Gasteiger partial charge in [0.2, 0.25) is 5.91 Å². The van der Waals surface area contributed by atoms with Crippen LogP contribution in [0, 0.1) is 0 Å². The SMILES string of the molecule is CCn1c(Cn2nc(C(F)F)cc2C(F)F)nnc1SCC(=O)Nc1cc(Cl)ccc1Cl. The smallest absolute Gasteiger partial charge is 0.282 e. The number of aromatic nitrogens is 5. The van der Waals surface area contributed by atoms with Crippen LogP contribution in [-0.4, -0.2) is 36.2 Å². The third-order valence-electron chi connectivity index (χ3n) is 4.21. The molecular formula is C18H16Cl2F4N6OS. The molecule has 1 aromatic carbocycles. The highest BCUT2D eigenvalue weighted by Crippen LogP contribution is 2.27. The van der Waals surface area contributed by atoms with Crippen LogP contribution in [-0.2, 0) is 17.9 Å². The van der Waals surface area contributed by atoms with Gasteiger partial charge in [-0.2, -0.15) is 5.10 Å². The lowest BCUT2D eigenvalue weighted by molar-refractivity contribution is -0.113. The summed E-state index contributed by atoms with van der Waals surface area (Å²) in [6.07, 6.45) is -5.96. The number of carbonyl (C=O) groups excluding carboxylic acids is 1. The van der Waals surface area contributed by atoms with Gasteiger partial charge in [0, 0.05) is 11.6 Å². The minimum atomic E-state index is -2.98. The number of nitrogens with zero attached hydrogens (tertiary/aromatic N) is 5. The van der Waals surface area contributed by atoms with E-state index >= 15 is 0 Å². The van der Waals surface area contributed by atoms with Crippen molar-refractivity contribution < 1.29 is 22.4 Å². The lowest BCUT2D eigenvalue weighted by Gasteiger charge is -2.10. The van der Waals surface area contributed by atoms with E-state index in [-0.39, 0.29) is 24.0 Å². The van der Waals surface area contributed by atoms with E-state index in [2.05, 4.69) is 20.6 Å². The highest BCUT2D eigenvalue weighted by molar-refractivity contribution is 7.99. The van der Waals surface area contributed by atoms with Crippen molar-refractivity contribution in [1.29, 1.82) is 0 Å². The molecule has 0 bridgehead atoms. The number of hydrogen-bond acceptors (Lipinski definition) is 5. The molecule has 2 aromatic heterocycles. The molecule has 2 heterocycles. The summed E-state index contributed by atoms with van der Waals surface area (Å²) >= 11 is 13.0. The van der Waals surface area contributed by atoms with Gasteiger partial charge in [-0.05, 0) is 31.2 Å². The highest BCUT2D eigenvalue weighted by atomic mass is 35.5. The maximum Gasteiger partial charge on any atom is 0.282 e. The van der Waals surface area contributed by atoms with Gasteiger partial charge in [0.15, 0.2) is 11.0 Å². The molecule has 3 aromatic rings. The number of anilines is 1. The molecule has 0 aliphatic rings. The summed E-state index contributed by atoms with van der Waals surface area (Å²) in [5.41, 5.74) is -1.03. The molecule has 172 valence electrons. The maximum atomic E-state index is 13.2. The van der Waals surface area contributed by atoms with E-state index in [0.717, 1.165) is 16.4 Å². The Morgan fingerprint density at radius 1 is 1.16 bits per heavy atom. The molecular weight excluding hydrogens is 495 g/mol. The monoisotopic (exact) mass is 510 g/mol. The summed E-state index contributed by atoms with van der Waals surface area (Å²) in [4.78, 5) is 12.3. The van der Waals surface area contributed by atoms with E-state index in [1.54, 1.807) is 23.6 Å². The van der Waals surface area contributed by atoms with E-state index in [9.17, 15) is 22.4 Å². The van der Waals surface area contributed by atoms with Gasteiger partial charge in [-0.1, -0.05) is 35.0 Å². The number of thioether (sulfide) groups is 1. The topological polar surface area (TPSA) is 77.6 Å². The molecule has 0 unspecified atom stereocenters. The van der Waals surface area contributed by atoms with Crippen molar-refractivity contribution in [2.75, 3.05) is 11.1 Å². The Morgan fingerprint density at radius 2 is 1.91 bits per heavy atom. The van der Waals surface area contributed by atoms with Crippen molar-refractivity contribution in [3.05, 3.63) is 51.5 Å². The number of rotatable bonds is 9. The van der Waals surface area contributed by atoms with Crippen LogP contribution in [0.2, 0.25) is 10.0 Å². The molecule has 0 saturated heterocycles. The van der Waals surface area contributed by atoms with Crippen LogP contribution in [0.15, 0.2) is 29.4 Å². The van der Waals surface area contributed by atoms with Crippen molar-refractivity contribution in [2.24, 2.45) is 0 Å². The van der Waals surface area contributed by atoms with Crippen LogP contribution in [0.25, 0.3) is 0 Å². The lowest BCUT2D eigenvalue weighted by atomic mass is 10.3. The van der Waals surface area contributed by atoms with Gasteiger partial charge >= 0.3 is 0 Å². The summed E-state index contributed by atoms with van der Waals surface area (Å²) in [6, 6.07) is 5.32. The highest BCUT2D eigenvalue weighted by Gasteiger charge is 2.23. The van der Waals surface area contributed by atoms with Crippen LogP contribution in [0.1, 0.15) is 37.0 Å². The van der Waals surface area contributed by atoms with Crippen LogP contribution >= 0.6 is 35.0 Å². The second-order valence-corrected chi connectivity index (χ2v) is 8.14. The molecule has 0 spiro atoms. The summed E-state index contributed by atoms with van der Waals surface area (Å²) in [5.74, 6) is -0.181. The van der Waals surface area contributed by atoms with Crippen molar-refractivity contribution in [3.63, 3.8) is 0 Å². The fourth-order valence-electron chi connectivity index (χ4n) is 2.76.